The molecule has 0 aliphatic heterocycles. The molecule has 1 heterocycles. The molecule has 0 spiro atoms. The molecule has 0 aromatic carbocycles. The largest absolute Gasteiger partial charge is 0.361 e. The molecule has 2 rings (SSSR count). The molecular weight excluding hydrogens is 148 g/mol. The highest BCUT2D eigenvalue weighted by Gasteiger charge is 2.11. The van der Waals surface area contributed by atoms with E-state index in [1.807, 2.05) is 12.3 Å². The number of nitrogens with two attached hydrogens (primary N) is 1. The Kier molecular flexibility index (Phi) is 2.00. The maximum atomic E-state index is 5.84. The van der Waals surface area contributed by atoms with Crippen molar-refractivity contribution in [2.24, 2.45) is 5.73 Å². The van der Waals surface area contributed by atoms with Gasteiger partial charge < -0.3 is 10.7 Å². The minimum atomic E-state index is 0.261. The van der Waals surface area contributed by atoms with Gasteiger partial charge in [-0.05, 0) is 37.0 Å². The van der Waals surface area contributed by atoms with Crippen LogP contribution in [0.3, 0.4) is 0 Å². The Bertz CT molecular complexity index is 272. The summed E-state index contributed by atoms with van der Waals surface area (Å²) in [5.74, 6) is 0. The Balaban J connectivity index is 2.23. The highest BCUT2D eigenvalue weighted by Crippen LogP contribution is 2.24. The molecule has 0 bridgehead atoms. The molecule has 1 aromatic heterocycles. The molecule has 1 atom stereocenters. The number of H-pyrrole nitrogens is 1. The zero-order valence-electron chi connectivity index (χ0n) is 7.09. The second-order valence-electron chi connectivity index (χ2n) is 3.33. The fourth-order valence-corrected chi connectivity index (χ4v) is 1.71. The maximum Gasteiger partial charge on any atom is 0.0410 e. The summed E-state index contributed by atoms with van der Waals surface area (Å²) in [7, 11) is 0. The van der Waals surface area contributed by atoms with Crippen LogP contribution in [0.4, 0.5) is 0 Å². The van der Waals surface area contributed by atoms with Crippen LogP contribution in [0.25, 0.3) is 5.57 Å². The van der Waals surface area contributed by atoms with E-state index >= 15 is 0 Å². The van der Waals surface area contributed by atoms with Crippen LogP contribution in [0.2, 0.25) is 0 Å². The van der Waals surface area contributed by atoms with Crippen LogP contribution in [0.1, 0.15) is 25.0 Å². The number of rotatable bonds is 1. The van der Waals surface area contributed by atoms with Crippen LogP contribution >= 0.6 is 0 Å². The molecule has 0 saturated carbocycles. The van der Waals surface area contributed by atoms with E-state index in [1.54, 1.807) is 0 Å². The third-order valence-corrected chi connectivity index (χ3v) is 2.34. The van der Waals surface area contributed by atoms with Crippen LogP contribution < -0.4 is 5.73 Å². The van der Waals surface area contributed by atoms with Crippen molar-refractivity contribution >= 4 is 5.57 Å². The zero-order valence-corrected chi connectivity index (χ0v) is 7.09. The number of nitrogens with one attached hydrogen (secondary N) is 1. The quantitative estimate of drug-likeness (QED) is 0.650. The Hall–Kier alpha value is -1.02. The van der Waals surface area contributed by atoms with Gasteiger partial charge in [0.2, 0.25) is 0 Å². The summed E-state index contributed by atoms with van der Waals surface area (Å²) >= 11 is 0. The van der Waals surface area contributed by atoms with E-state index in [9.17, 15) is 0 Å². The van der Waals surface area contributed by atoms with Gasteiger partial charge in [0.05, 0.1) is 0 Å². The molecule has 64 valence electrons. The summed E-state index contributed by atoms with van der Waals surface area (Å²) in [4.78, 5) is 3.20. The summed E-state index contributed by atoms with van der Waals surface area (Å²) < 4.78 is 0. The molecular formula is C10H14N2. The van der Waals surface area contributed by atoms with Crippen LogP contribution in [0.5, 0.6) is 0 Å². The van der Waals surface area contributed by atoms with Crippen molar-refractivity contribution in [2.75, 3.05) is 0 Å². The first kappa shape index (κ1) is 7.62. The van der Waals surface area contributed by atoms with Gasteiger partial charge in [0.15, 0.2) is 0 Å². The lowest BCUT2D eigenvalue weighted by atomic mass is 9.94. The van der Waals surface area contributed by atoms with Crippen LogP contribution in [-0.4, -0.2) is 11.0 Å². The minimum absolute atomic E-state index is 0.261. The molecule has 12 heavy (non-hydrogen) atoms. The Morgan fingerprint density at radius 3 is 3.08 bits per heavy atom. The monoisotopic (exact) mass is 162 g/mol. The van der Waals surface area contributed by atoms with E-state index in [2.05, 4.69) is 17.1 Å². The summed E-state index contributed by atoms with van der Waals surface area (Å²) in [6, 6.07) is 4.39. The molecule has 1 aromatic rings. The lowest BCUT2D eigenvalue weighted by molar-refractivity contribution is 0.653. The molecule has 0 saturated heterocycles. The van der Waals surface area contributed by atoms with Crippen molar-refractivity contribution in [3.8, 4) is 0 Å². The first-order valence-electron chi connectivity index (χ1n) is 4.46. The molecule has 1 unspecified atom stereocenters. The van der Waals surface area contributed by atoms with Crippen molar-refractivity contribution in [3.05, 3.63) is 30.1 Å². The molecule has 2 nitrogen and oxygen atoms in total. The van der Waals surface area contributed by atoms with E-state index in [0.29, 0.717) is 0 Å². The number of aromatic nitrogens is 1. The standard InChI is InChI=1S/C10H14N2/c11-9-4-1-3-8(7-9)10-5-2-6-12-10/h2,5-7,9,12H,1,3-4,11H2. The molecule has 1 aliphatic rings. The summed E-state index contributed by atoms with van der Waals surface area (Å²) in [5.41, 5.74) is 8.44. The third-order valence-electron chi connectivity index (χ3n) is 2.34. The summed E-state index contributed by atoms with van der Waals surface area (Å²) in [5, 5.41) is 0. The van der Waals surface area contributed by atoms with Crippen molar-refractivity contribution in [3.63, 3.8) is 0 Å². The fourth-order valence-electron chi connectivity index (χ4n) is 1.71. The smallest absolute Gasteiger partial charge is 0.0410 e. The van der Waals surface area contributed by atoms with E-state index in [1.165, 1.54) is 17.7 Å². The Labute approximate surface area is 72.5 Å². The highest BCUT2D eigenvalue weighted by molar-refractivity contribution is 5.64. The molecule has 3 N–H and O–H groups in total. The summed E-state index contributed by atoms with van der Waals surface area (Å²) in [6.07, 6.45) is 7.63. The molecule has 0 radical (unpaired) electrons. The van der Waals surface area contributed by atoms with E-state index < -0.39 is 0 Å². The van der Waals surface area contributed by atoms with Gasteiger partial charge >= 0.3 is 0 Å². The van der Waals surface area contributed by atoms with Crippen LogP contribution in [0.15, 0.2) is 24.4 Å². The van der Waals surface area contributed by atoms with E-state index in [4.69, 9.17) is 5.73 Å². The van der Waals surface area contributed by atoms with Gasteiger partial charge in [0, 0.05) is 17.9 Å². The molecule has 1 aliphatic carbocycles. The van der Waals surface area contributed by atoms with Crippen molar-refractivity contribution < 1.29 is 0 Å². The van der Waals surface area contributed by atoms with E-state index in [0.717, 1.165) is 12.8 Å². The van der Waals surface area contributed by atoms with Gasteiger partial charge in [0.25, 0.3) is 0 Å². The number of allylic oxidation sites excluding steroid dienone is 1. The minimum Gasteiger partial charge on any atom is -0.361 e. The first-order valence-corrected chi connectivity index (χ1v) is 4.46. The fraction of sp³-hybridized carbons (Fsp3) is 0.400. The topological polar surface area (TPSA) is 41.8 Å². The van der Waals surface area contributed by atoms with Gasteiger partial charge in [-0.3, -0.25) is 0 Å². The normalized spacial score (nSPS) is 23.8. The third kappa shape index (κ3) is 1.43. The number of aromatic amines is 1. The van der Waals surface area contributed by atoms with Gasteiger partial charge in [0.1, 0.15) is 0 Å². The van der Waals surface area contributed by atoms with Crippen molar-refractivity contribution in [1.29, 1.82) is 0 Å². The lowest BCUT2D eigenvalue weighted by Crippen LogP contribution is -2.20. The van der Waals surface area contributed by atoms with Gasteiger partial charge in [-0.2, -0.15) is 0 Å². The second-order valence-corrected chi connectivity index (χ2v) is 3.33. The van der Waals surface area contributed by atoms with Crippen molar-refractivity contribution in [2.45, 2.75) is 25.3 Å². The highest BCUT2D eigenvalue weighted by atomic mass is 14.7. The van der Waals surface area contributed by atoms with Gasteiger partial charge in [-0.1, -0.05) is 6.08 Å². The second kappa shape index (κ2) is 3.15. The van der Waals surface area contributed by atoms with Gasteiger partial charge in [-0.15, -0.1) is 0 Å². The summed E-state index contributed by atoms with van der Waals surface area (Å²) in [6.45, 7) is 0. The molecule has 0 fully saturated rings. The Morgan fingerprint density at radius 2 is 2.42 bits per heavy atom. The number of hydrogen-bond acceptors (Lipinski definition) is 1. The Morgan fingerprint density at radius 1 is 1.50 bits per heavy atom. The number of hydrogen-bond donors (Lipinski definition) is 2. The van der Waals surface area contributed by atoms with Crippen molar-refractivity contribution in [1.82, 2.24) is 4.98 Å². The zero-order chi connectivity index (χ0) is 8.39. The predicted octanol–water partition coefficient (Wildman–Crippen LogP) is 1.91. The van der Waals surface area contributed by atoms with Crippen LogP contribution in [0, 0.1) is 0 Å². The van der Waals surface area contributed by atoms with Crippen LogP contribution in [-0.2, 0) is 0 Å². The molecule has 0 amide bonds. The predicted molar refractivity (Wildman–Crippen MR) is 50.6 cm³/mol. The SMILES string of the molecule is NC1C=C(c2ccc[nH]2)CCC1. The average Bonchev–Trinajstić information content (AvgIpc) is 2.56. The first-order chi connectivity index (χ1) is 5.86. The van der Waals surface area contributed by atoms with Gasteiger partial charge in [-0.25, -0.2) is 0 Å². The van der Waals surface area contributed by atoms with E-state index in [-0.39, 0.29) is 6.04 Å². The maximum absolute atomic E-state index is 5.84. The lowest BCUT2D eigenvalue weighted by Gasteiger charge is -2.16. The molecule has 2 heteroatoms. The average molecular weight is 162 g/mol.